The largest absolute Gasteiger partial charge is 0.493 e. The van der Waals surface area contributed by atoms with Gasteiger partial charge in [-0.05, 0) is 48.3 Å². The lowest BCUT2D eigenvalue weighted by atomic mass is 9.85. The first-order chi connectivity index (χ1) is 9.38. The molecule has 0 heterocycles. The van der Waals surface area contributed by atoms with Crippen molar-refractivity contribution in [3.63, 3.8) is 0 Å². The molecule has 0 aliphatic heterocycles. The van der Waals surface area contributed by atoms with Crippen LogP contribution in [0.25, 0.3) is 0 Å². The maximum absolute atomic E-state index is 6.00. The molecule has 114 valence electrons. The van der Waals surface area contributed by atoms with Gasteiger partial charge in [0.2, 0.25) is 0 Å². The fourth-order valence-corrected chi connectivity index (χ4v) is 2.24. The number of ether oxygens (including phenoxy) is 1. The zero-order valence-corrected chi connectivity index (χ0v) is 13.8. The Labute approximate surface area is 124 Å². The monoisotopic (exact) mass is 277 g/mol. The Balaban J connectivity index is 2.69. The van der Waals surface area contributed by atoms with E-state index < -0.39 is 0 Å². The second kappa shape index (κ2) is 7.68. The first kappa shape index (κ1) is 17.0. The van der Waals surface area contributed by atoms with Gasteiger partial charge in [-0.25, -0.2) is 0 Å². The number of aryl methyl sites for hydroxylation is 1. The van der Waals surface area contributed by atoms with E-state index in [9.17, 15) is 0 Å². The van der Waals surface area contributed by atoms with Crippen LogP contribution in [0.3, 0.4) is 0 Å². The molecular weight excluding hydrogens is 246 g/mol. The summed E-state index contributed by atoms with van der Waals surface area (Å²) in [6.45, 7) is 11.8. The number of nitrogens with two attached hydrogens (primary N) is 1. The summed E-state index contributed by atoms with van der Waals surface area (Å²) in [4.78, 5) is 0. The van der Waals surface area contributed by atoms with Crippen LogP contribution in [0.4, 0.5) is 0 Å². The van der Waals surface area contributed by atoms with Crippen molar-refractivity contribution in [2.75, 3.05) is 6.61 Å². The average molecular weight is 277 g/mol. The Morgan fingerprint density at radius 1 is 1.20 bits per heavy atom. The average Bonchev–Trinajstić information content (AvgIpc) is 2.42. The minimum Gasteiger partial charge on any atom is -0.493 e. The van der Waals surface area contributed by atoms with E-state index in [1.54, 1.807) is 0 Å². The Kier molecular flexibility index (Phi) is 6.54. The van der Waals surface area contributed by atoms with Gasteiger partial charge in [0.15, 0.2) is 0 Å². The maximum Gasteiger partial charge on any atom is 0.123 e. The molecule has 1 unspecified atom stereocenters. The molecule has 0 fully saturated rings. The molecule has 0 bridgehead atoms. The Hall–Kier alpha value is -1.02. The van der Waals surface area contributed by atoms with E-state index in [1.165, 1.54) is 11.1 Å². The summed E-state index contributed by atoms with van der Waals surface area (Å²) in [5.41, 5.74) is 8.72. The van der Waals surface area contributed by atoms with E-state index in [2.05, 4.69) is 52.8 Å². The molecule has 0 spiro atoms. The normalized spacial score (nSPS) is 13.3. The van der Waals surface area contributed by atoms with Gasteiger partial charge in [0.25, 0.3) is 0 Å². The minimum absolute atomic E-state index is 0.111. The SMILES string of the molecule is CCc1ccc(OCCCC(N)CC)c(C(C)(C)C)c1. The molecular formula is C18H31NO. The minimum atomic E-state index is 0.111. The summed E-state index contributed by atoms with van der Waals surface area (Å²) < 4.78 is 6.00. The fourth-order valence-electron chi connectivity index (χ4n) is 2.24. The summed E-state index contributed by atoms with van der Waals surface area (Å²) >= 11 is 0. The van der Waals surface area contributed by atoms with Gasteiger partial charge < -0.3 is 10.5 Å². The molecule has 2 N–H and O–H groups in total. The highest BCUT2D eigenvalue weighted by molar-refractivity contribution is 5.41. The third-order valence-corrected chi connectivity index (χ3v) is 3.76. The van der Waals surface area contributed by atoms with Crippen LogP contribution in [0.1, 0.15) is 65.0 Å². The second-order valence-corrected chi connectivity index (χ2v) is 6.59. The van der Waals surface area contributed by atoms with Crippen molar-refractivity contribution in [1.29, 1.82) is 0 Å². The van der Waals surface area contributed by atoms with Crippen molar-refractivity contribution >= 4 is 0 Å². The molecule has 0 aromatic heterocycles. The Morgan fingerprint density at radius 2 is 1.90 bits per heavy atom. The van der Waals surface area contributed by atoms with E-state index in [-0.39, 0.29) is 5.41 Å². The van der Waals surface area contributed by atoms with Crippen molar-refractivity contribution in [3.05, 3.63) is 29.3 Å². The molecule has 20 heavy (non-hydrogen) atoms. The predicted molar refractivity (Wildman–Crippen MR) is 87.5 cm³/mol. The van der Waals surface area contributed by atoms with Gasteiger partial charge in [-0.3, -0.25) is 0 Å². The van der Waals surface area contributed by atoms with Gasteiger partial charge in [-0.1, -0.05) is 46.8 Å². The molecule has 1 atom stereocenters. The van der Waals surface area contributed by atoms with Gasteiger partial charge in [0.1, 0.15) is 5.75 Å². The van der Waals surface area contributed by atoms with Gasteiger partial charge in [-0.2, -0.15) is 0 Å². The van der Waals surface area contributed by atoms with Gasteiger partial charge in [-0.15, -0.1) is 0 Å². The van der Waals surface area contributed by atoms with Crippen LogP contribution in [0, 0.1) is 0 Å². The van der Waals surface area contributed by atoms with E-state index in [4.69, 9.17) is 10.5 Å². The van der Waals surface area contributed by atoms with E-state index in [1.807, 2.05) is 0 Å². The lowest BCUT2D eigenvalue weighted by Gasteiger charge is -2.24. The zero-order chi connectivity index (χ0) is 15.2. The zero-order valence-electron chi connectivity index (χ0n) is 13.8. The number of hydrogen-bond donors (Lipinski definition) is 1. The molecule has 0 aliphatic rings. The molecule has 0 saturated carbocycles. The van der Waals surface area contributed by atoms with Gasteiger partial charge in [0, 0.05) is 6.04 Å². The highest BCUT2D eigenvalue weighted by atomic mass is 16.5. The number of benzene rings is 1. The van der Waals surface area contributed by atoms with Crippen LogP contribution in [0.15, 0.2) is 18.2 Å². The maximum atomic E-state index is 6.00. The molecule has 0 amide bonds. The molecule has 1 aromatic carbocycles. The van der Waals surface area contributed by atoms with E-state index in [0.717, 1.165) is 38.0 Å². The van der Waals surface area contributed by atoms with Crippen LogP contribution in [-0.2, 0) is 11.8 Å². The third-order valence-electron chi connectivity index (χ3n) is 3.76. The highest BCUT2D eigenvalue weighted by Crippen LogP contribution is 2.32. The van der Waals surface area contributed by atoms with E-state index in [0.29, 0.717) is 6.04 Å². The van der Waals surface area contributed by atoms with Gasteiger partial charge in [0.05, 0.1) is 6.61 Å². The third kappa shape index (κ3) is 5.16. The van der Waals surface area contributed by atoms with E-state index >= 15 is 0 Å². The molecule has 0 radical (unpaired) electrons. The van der Waals surface area contributed by atoms with Crippen molar-refractivity contribution in [1.82, 2.24) is 0 Å². The van der Waals surface area contributed by atoms with Crippen molar-refractivity contribution in [3.8, 4) is 5.75 Å². The summed E-state index contributed by atoms with van der Waals surface area (Å²) in [5.74, 6) is 1.03. The quantitative estimate of drug-likeness (QED) is 0.748. The molecule has 1 rings (SSSR count). The van der Waals surface area contributed by atoms with Crippen molar-refractivity contribution in [2.45, 2.75) is 71.8 Å². The van der Waals surface area contributed by atoms with Gasteiger partial charge >= 0.3 is 0 Å². The summed E-state index contributed by atoms with van der Waals surface area (Å²) in [6, 6.07) is 6.89. The Morgan fingerprint density at radius 3 is 2.45 bits per heavy atom. The molecule has 0 aliphatic carbocycles. The Bertz CT molecular complexity index is 406. The first-order valence-electron chi connectivity index (χ1n) is 7.90. The highest BCUT2D eigenvalue weighted by Gasteiger charge is 2.19. The van der Waals surface area contributed by atoms with Crippen LogP contribution < -0.4 is 10.5 Å². The predicted octanol–water partition coefficient (Wildman–Crippen LogP) is 4.44. The summed E-state index contributed by atoms with van der Waals surface area (Å²) in [7, 11) is 0. The summed E-state index contributed by atoms with van der Waals surface area (Å²) in [5, 5.41) is 0. The standard InChI is InChI=1S/C18H31NO/c1-6-14-10-11-17(16(13-14)18(3,4)5)20-12-8-9-15(19)7-2/h10-11,13,15H,6-9,12,19H2,1-5H3. The van der Waals surface area contributed by atoms with Crippen LogP contribution in [0.5, 0.6) is 5.75 Å². The number of hydrogen-bond acceptors (Lipinski definition) is 2. The van der Waals surface area contributed by atoms with Crippen molar-refractivity contribution in [2.24, 2.45) is 5.73 Å². The molecule has 2 heteroatoms. The number of rotatable bonds is 7. The molecule has 2 nitrogen and oxygen atoms in total. The second-order valence-electron chi connectivity index (χ2n) is 6.59. The lowest BCUT2D eigenvalue weighted by molar-refractivity contribution is 0.293. The topological polar surface area (TPSA) is 35.2 Å². The smallest absolute Gasteiger partial charge is 0.123 e. The molecule has 1 aromatic rings. The van der Waals surface area contributed by atoms with Crippen molar-refractivity contribution < 1.29 is 4.74 Å². The first-order valence-corrected chi connectivity index (χ1v) is 7.90. The van der Waals surface area contributed by atoms with Crippen LogP contribution in [-0.4, -0.2) is 12.6 Å². The summed E-state index contributed by atoms with van der Waals surface area (Å²) in [6.07, 6.45) is 4.16. The lowest BCUT2D eigenvalue weighted by Crippen LogP contribution is -2.19. The van der Waals surface area contributed by atoms with Crippen LogP contribution >= 0.6 is 0 Å². The van der Waals surface area contributed by atoms with Crippen LogP contribution in [0.2, 0.25) is 0 Å². The fraction of sp³-hybridized carbons (Fsp3) is 0.667. The molecule has 0 saturated heterocycles.